The summed E-state index contributed by atoms with van der Waals surface area (Å²) in [6.07, 6.45) is 2.30. The Bertz CT molecular complexity index is 1780. The van der Waals surface area contributed by atoms with Crippen molar-refractivity contribution in [2.45, 2.75) is 48.5 Å². The molecule has 2 saturated carbocycles. The van der Waals surface area contributed by atoms with Crippen molar-refractivity contribution in [2.24, 2.45) is 17.8 Å². The van der Waals surface area contributed by atoms with Crippen LogP contribution in [-0.2, 0) is 25.8 Å². The number of aliphatic carboxylic acids is 1. The van der Waals surface area contributed by atoms with Gasteiger partial charge in [-0.1, -0.05) is 30.3 Å². The predicted octanol–water partition coefficient (Wildman–Crippen LogP) is 5.60. The van der Waals surface area contributed by atoms with Crippen LogP contribution in [0.2, 0.25) is 0 Å². The van der Waals surface area contributed by atoms with Crippen LogP contribution in [0.4, 0.5) is 23.2 Å². The zero-order valence-electron chi connectivity index (χ0n) is 24.4. The van der Waals surface area contributed by atoms with Crippen LogP contribution in [0.15, 0.2) is 65.6 Å². The third kappa shape index (κ3) is 6.57. The number of halogens is 4. The van der Waals surface area contributed by atoms with Gasteiger partial charge in [0.15, 0.2) is 0 Å². The van der Waals surface area contributed by atoms with Crippen LogP contribution in [0, 0.1) is 23.6 Å². The lowest BCUT2D eigenvalue weighted by atomic mass is 9.83. The quantitative estimate of drug-likeness (QED) is 0.241. The van der Waals surface area contributed by atoms with Crippen molar-refractivity contribution in [3.63, 3.8) is 0 Å². The molecule has 5 rings (SSSR count). The summed E-state index contributed by atoms with van der Waals surface area (Å²) in [5.74, 6) is -3.77. The maximum atomic E-state index is 15.1. The van der Waals surface area contributed by atoms with Crippen LogP contribution >= 0.6 is 0 Å². The standard InChI is InChI=1S/C32H30F4N2O7S/c1-45-26-16-25(33)23(18-8-5-17(6-9-18)7-12-27(39)40)15-24(26)30(41)38-29-20-11-10-19(13-20)28(29)31(42)37-21-3-2-4-22(14-21)46(43,44)32(34,35)36/h2-6,8-9,14-16,19-20,28-29H,7,10-13H2,1H3,(H,37,42)(H,38,41)(H,39,40). The number of nitrogens with one attached hydrogen (secondary N) is 2. The molecule has 244 valence electrons. The van der Waals surface area contributed by atoms with E-state index in [0.29, 0.717) is 24.8 Å². The van der Waals surface area contributed by atoms with E-state index in [1.807, 2.05) is 0 Å². The molecule has 0 saturated heterocycles. The first kappa shape index (κ1) is 32.9. The molecule has 2 aliphatic carbocycles. The number of hydrogen-bond acceptors (Lipinski definition) is 6. The molecular formula is C32H30F4N2O7S. The zero-order chi connectivity index (χ0) is 33.4. The van der Waals surface area contributed by atoms with Crippen LogP contribution in [0.25, 0.3) is 11.1 Å². The molecule has 2 bridgehead atoms. The Hall–Kier alpha value is -4.46. The first-order valence-corrected chi connectivity index (χ1v) is 15.9. The summed E-state index contributed by atoms with van der Waals surface area (Å²) in [7, 11) is -4.35. The second-order valence-corrected chi connectivity index (χ2v) is 13.4. The summed E-state index contributed by atoms with van der Waals surface area (Å²) < 4.78 is 83.4. The summed E-state index contributed by atoms with van der Waals surface area (Å²) >= 11 is 0. The number of methoxy groups -OCH3 is 1. The monoisotopic (exact) mass is 662 g/mol. The Kier molecular flexibility index (Phi) is 9.12. The fourth-order valence-corrected chi connectivity index (χ4v) is 7.24. The Balaban J connectivity index is 1.37. The highest BCUT2D eigenvalue weighted by Gasteiger charge is 2.52. The average Bonchev–Trinajstić information content (AvgIpc) is 3.62. The van der Waals surface area contributed by atoms with Gasteiger partial charge in [0, 0.05) is 29.8 Å². The van der Waals surface area contributed by atoms with Gasteiger partial charge in [0.2, 0.25) is 5.91 Å². The van der Waals surface area contributed by atoms with Gasteiger partial charge in [0.1, 0.15) is 11.6 Å². The fraction of sp³-hybridized carbons (Fsp3) is 0.344. The normalized spacial score (nSPS) is 20.7. The van der Waals surface area contributed by atoms with E-state index in [1.54, 1.807) is 24.3 Å². The molecule has 0 heterocycles. The fourth-order valence-electron chi connectivity index (χ4n) is 6.43. The molecule has 2 aliphatic rings. The third-order valence-corrected chi connectivity index (χ3v) is 10.1. The topological polar surface area (TPSA) is 139 Å². The lowest BCUT2D eigenvalue weighted by molar-refractivity contribution is -0.137. The highest BCUT2D eigenvalue weighted by molar-refractivity contribution is 7.92. The van der Waals surface area contributed by atoms with Crippen LogP contribution in [0.3, 0.4) is 0 Å². The van der Waals surface area contributed by atoms with E-state index in [1.165, 1.54) is 19.2 Å². The van der Waals surface area contributed by atoms with Crippen molar-refractivity contribution < 1.29 is 50.2 Å². The van der Waals surface area contributed by atoms with Gasteiger partial charge in [0.05, 0.1) is 23.5 Å². The van der Waals surface area contributed by atoms with Gasteiger partial charge in [-0.25, -0.2) is 12.8 Å². The first-order chi connectivity index (χ1) is 21.7. The smallest absolute Gasteiger partial charge is 0.496 e. The minimum Gasteiger partial charge on any atom is -0.496 e. The Morgan fingerprint density at radius 2 is 1.70 bits per heavy atom. The molecule has 0 spiro atoms. The van der Waals surface area contributed by atoms with Crippen molar-refractivity contribution in [1.29, 1.82) is 0 Å². The van der Waals surface area contributed by atoms with Crippen molar-refractivity contribution in [1.82, 2.24) is 5.32 Å². The number of ether oxygens (including phenoxy) is 1. The number of anilines is 1. The molecule has 0 radical (unpaired) electrons. The number of carbonyl (C=O) groups excluding carboxylic acids is 2. The maximum absolute atomic E-state index is 15.1. The Labute approximate surface area is 261 Å². The number of fused-ring (bicyclic) bond motifs is 2. The minimum absolute atomic E-state index is 0.0147. The van der Waals surface area contributed by atoms with Crippen molar-refractivity contribution in [2.75, 3.05) is 12.4 Å². The molecule has 2 amide bonds. The molecule has 4 atom stereocenters. The number of carboxylic acids is 1. The highest BCUT2D eigenvalue weighted by atomic mass is 32.2. The molecule has 3 aromatic rings. The summed E-state index contributed by atoms with van der Waals surface area (Å²) in [5.41, 5.74) is -4.34. The highest BCUT2D eigenvalue weighted by Crippen LogP contribution is 2.49. The van der Waals surface area contributed by atoms with Crippen LogP contribution < -0.4 is 15.4 Å². The van der Waals surface area contributed by atoms with Gasteiger partial charge in [0.25, 0.3) is 15.7 Å². The Morgan fingerprint density at radius 1 is 1.00 bits per heavy atom. The summed E-state index contributed by atoms with van der Waals surface area (Å²) in [4.78, 5) is 37.0. The average molecular weight is 663 g/mol. The second-order valence-electron chi connectivity index (χ2n) is 11.4. The number of benzene rings is 3. The number of carbonyl (C=O) groups is 3. The van der Waals surface area contributed by atoms with E-state index in [0.717, 1.165) is 36.2 Å². The number of rotatable bonds is 10. The van der Waals surface area contributed by atoms with E-state index < -0.39 is 55.8 Å². The largest absolute Gasteiger partial charge is 0.501 e. The number of sulfone groups is 1. The van der Waals surface area contributed by atoms with Crippen molar-refractivity contribution >= 4 is 33.3 Å². The van der Waals surface area contributed by atoms with Gasteiger partial charge < -0.3 is 20.5 Å². The maximum Gasteiger partial charge on any atom is 0.501 e. The van der Waals surface area contributed by atoms with Crippen LogP contribution in [0.1, 0.15) is 41.6 Å². The minimum atomic E-state index is -5.63. The molecule has 2 fully saturated rings. The number of aryl methyl sites for hydroxylation is 1. The van der Waals surface area contributed by atoms with Gasteiger partial charge in [-0.2, -0.15) is 13.2 Å². The number of amides is 2. The van der Waals surface area contributed by atoms with Crippen LogP contribution in [0.5, 0.6) is 5.75 Å². The third-order valence-electron chi connectivity index (χ3n) is 8.66. The molecular weight excluding hydrogens is 632 g/mol. The molecule has 4 unspecified atom stereocenters. The van der Waals surface area contributed by atoms with E-state index in [9.17, 15) is 36.0 Å². The number of hydrogen-bond donors (Lipinski definition) is 3. The summed E-state index contributed by atoms with van der Waals surface area (Å²) in [6, 6.07) is 12.3. The Morgan fingerprint density at radius 3 is 2.35 bits per heavy atom. The lowest BCUT2D eigenvalue weighted by Crippen LogP contribution is -2.48. The lowest BCUT2D eigenvalue weighted by Gasteiger charge is -2.31. The molecule has 14 heteroatoms. The van der Waals surface area contributed by atoms with E-state index in [4.69, 9.17) is 9.84 Å². The van der Waals surface area contributed by atoms with Crippen LogP contribution in [-0.4, -0.2) is 50.0 Å². The van der Waals surface area contributed by atoms with Gasteiger partial charge in [-0.05, 0) is 72.9 Å². The van der Waals surface area contributed by atoms with Gasteiger partial charge >= 0.3 is 11.5 Å². The number of carboxylic acid groups (broad SMARTS) is 1. The predicted molar refractivity (Wildman–Crippen MR) is 158 cm³/mol. The van der Waals surface area contributed by atoms with E-state index >= 15 is 4.39 Å². The van der Waals surface area contributed by atoms with E-state index in [-0.39, 0.29) is 40.8 Å². The molecule has 3 aromatic carbocycles. The molecule has 46 heavy (non-hydrogen) atoms. The number of alkyl halides is 3. The second kappa shape index (κ2) is 12.7. The molecule has 9 nitrogen and oxygen atoms in total. The zero-order valence-corrected chi connectivity index (χ0v) is 25.3. The van der Waals surface area contributed by atoms with Crippen molar-refractivity contribution in [3.05, 3.63) is 77.6 Å². The summed E-state index contributed by atoms with van der Waals surface area (Å²) in [6.45, 7) is 0. The summed E-state index contributed by atoms with van der Waals surface area (Å²) in [5, 5.41) is 14.3. The molecule has 0 aromatic heterocycles. The molecule has 3 N–H and O–H groups in total. The van der Waals surface area contributed by atoms with Crippen molar-refractivity contribution in [3.8, 4) is 16.9 Å². The van der Waals surface area contributed by atoms with Gasteiger partial charge in [-0.3, -0.25) is 14.4 Å². The van der Waals surface area contributed by atoms with Gasteiger partial charge in [-0.15, -0.1) is 0 Å². The molecule has 0 aliphatic heterocycles. The first-order valence-electron chi connectivity index (χ1n) is 14.4. The SMILES string of the molecule is COc1cc(F)c(-c2ccc(CCC(=O)O)cc2)cc1C(=O)NC1C2CCC(C2)C1C(=O)Nc1cccc(S(=O)(=O)C(F)(F)F)c1. The van der Waals surface area contributed by atoms with E-state index in [2.05, 4.69) is 10.6 Å².